The highest BCUT2D eigenvalue weighted by Gasteiger charge is 2.40. The van der Waals surface area contributed by atoms with Gasteiger partial charge in [-0.2, -0.15) is 0 Å². The van der Waals surface area contributed by atoms with E-state index in [1.807, 2.05) is 19.2 Å². The van der Waals surface area contributed by atoms with Crippen molar-refractivity contribution in [1.82, 2.24) is 4.98 Å². The number of aryl methyl sites for hydroxylation is 1. The van der Waals surface area contributed by atoms with Crippen LogP contribution in [0.3, 0.4) is 0 Å². The van der Waals surface area contributed by atoms with Crippen molar-refractivity contribution in [2.75, 3.05) is 18.4 Å². The number of nitrogens with one attached hydrogen (secondary N) is 1. The van der Waals surface area contributed by atoms with Crippen LogP contribution in [-0.2, 0) is 0 Å². The van der Waals surface area contributed by atoms with Gasteiger partial charge in [0, 0.05) is 12.7 Å². The largest absolute Gasteiger partial charge is 0.369 e. The molecule has 0 spiro atoms. The van der Waals surface area contributed by atoms with Crippen molar-refractivity contribution in [2.45, 2.75) is 19.8 Å². The van der Waals surface area contributed by atoms with E-state index in [0.29, 0.717) is 5.41 Å². The average Bonchev–Trinajstić information content (AvgIpc) is 2.98. The highest BCUT2D eigenvalue weighted by molar-refractivity contribution is 5.35. The number of nitrogens with two attached hydrogens (primary N) is 1. The van der Waals surface area contributed by atoms with Crippen molar-refractivity contribution in [3.8, 4) is 0 Å². The summed E-state index contributed by atoms with van der Waals surface area (Å²) in [6, 6.07) is 4.08. The predicted octanol–water partition coefficient (Wildman–Crippen LogP) is 1.54. The van der Waals surface area contributed by atoms with Crippen molar-refractivity contribution in [3.63, 3.8) is 0 Å². The van der Waals surface area contributed by atoms with Crippen LogP contribution in [-0.4, -0.2) is 18.1 Å². The molecule has 3 N–H and O–H groups in total. The van der Waals surface area contributed by atoms with Gasteiger partial charge in [0.15, 0.2) is 0 Å². The molecule has 0 bridgehead atoms. The normalized spacial score (nSPS) is 17.9. The Morgan fingerprint density at radius 3 is 2.79 bits per heavy atom. The van der Waals surface area contributed by atoms with Gasteiger partial charge in [-0.05, 0) is 43.4 Å². The number of rotatable bonds is 4. The summed E-state index contributed by atoms with van der Waals surface area (Å²) in [5.74, 6) is 0.954. The summed E-state index contributed by atoms with van der Waals surface area (Å²) in [6.45, 7) is 3.78. The lowest BCUT2D eigenvalue weighted by molar-refractivity contribution is 0.555. The molecule has 1 saturated carbocycles. The second-order valence-electron chi connectivity index (χ2n) is 4.28. The zero-order valence-corrected chi connectivity index (χ0v) is 8.59. The van der Waals surface area contributed by atoms with Crippen LogP contribution in [0.1, 0.15) is 18.4 Å². The zero-order valence-electron chi connectivity index (χ0n) is 8.59. The molecule has 1 fully saturated rings. The van der Waals surface area contributed by atoms with Gasteiger partial charge in [0.2, 0.25) is 0 Å². The Balaban J connectivity index is 1.89. The van der Waals surface area contributed by atoms with Gasteiger partial charge in [-0.25, -0.2) is 4.98 Å². The third-order valence-corrected chi connectivity index (χ3v) is 2.95. The first-order valence-corrected chi connectivity index (χ1v) is 5.11. The Morgan fingerprint density at radius 2 is 2.29 bits per heavy atom. The Kier molecular flexibility index (Phi) is 2.42. The molecule has 14 heavy (non-hydrogen) atoms. The summed E-state index contributed by atoms with van der Waals surface area (Å²) < 4.78 is 0. The third kappa shape index (κ3) is 2.04. The first-order chi connectivity index (χ1) is 6.74. The minimum atomic E-state index is 0.368. The molecule has 0 atom stereocenters. The monoisotopic (exact) mass is 191 g/mol. The van der Waals surface area contributed by atoms with Gasteiger partial charge in [-0.3, -0.25) is 0 Å². The number of pyridine rings is 1. The quantitative estimate of drug-likeness (QED) is 0.759. The van der Waals surface area contributed by atoms with E-state index in [0.717, 1.165) is 18.9 Å². The molecule has 0 aromatic carbocycles. The zero-order chi connectivity index (χ0) is 10.0. The van der Waals surface area contributed by atoms with E-state index in [1.54, 1.807) is 0 Å². The van der Waals surface area contributed by atoms with E-state index in [9.17, 15) is 0 Å². The molecule has 1 aromatic heterocycles. The third-order valence-electron chi connectivity index (χ3n) is 2.95. The number of anilines is 1. The van der Waals surface area contributed by atoms with Crippen LogP contribution in [0.4, 0.5) is 5.82 Å². The van der Waals surface area contributed by atoms with Crippen LogP contribution in [0.2, 0.25) is 0 Å². The summed E-state index contributed by atoms with van der Waals surface area (Å²) in [7, 11) is 0. The van der Waals surface area contributed by atoms with E-state index >= 15 is 0 Å². The molecule has 1 heterocycles. The van der Waals surface area contributed by atoms with Crippen molar-refractivity contribution < 1.29 is 0 Å². The second-order valence-corrected chi connectivity index (χ2v) is 4.28. The van der Waals surface area contributed by atoms with E-state index < -0.39 is 0 Å². The Bertz CT molecular complexity index is 301. The summed E-state index contributed by atoms with van der Waals surface area (Å²) >= 11 is 0. The maximum absolute atomic E-state index is 5.70. The predicted molar refractivity (Wildman–Crippen MR) is 58.2 cm³/mol. The molecule has 3 heteroatoms. The highest BCUT2D eigenvalue weighted by atomic mass is 15.0. The molecule has 0 saturated heterocycles. The fraction of sp³-hybridized carbons (Fsp3) is 0.545. The second kappa shape index (κ2) is 3.58. The number of hydrogen-bond donors (Lipinski definition) is 2. The molecule has 1 aliphatic rings. The molecule has 1 aliphatic carbocycles. The number of hydrogen-bond acceptors (Lipinski definition) is 3. The van der Waals surface area contributed by atoms with E-state index in [-0.39, 0.29) is 0 Å². The van der Waals surface area contributed by atoms with Gasteiger partial charge in [-0.1, -0.05) is 6.07 Å². The lowest BCUT2D eigenvalue weighted by Gasteiger charge is -2.13. The van der Waals surface area contributed by atoms with Gasteiger partial charge in [0.1, 0.15) is 5.82 Å². The van der Waals surface area contributed by atoms with E-state index in [1.165, 1.54) is 18.4 Å². The molecule has 0 amide bonds. The Hall–Kier alpha value is -1.09. The average molecular weight is 191 g/mol. The topological polar surface area (TPSA) is 50.9 Å². The standard InChI is InChI=1S/C11H17N3/c1-9-2-3-10(13-6-9)14-8-11(7-12)4-5-11/h2-3,6H,4-5,7-8,12H2,1H3,(H,13,14). The van der Waals surface area contributed by atoms with Crippen LogP contribution in [0.15, 0.2) is 18.3 Å². The molecule has 0 unspecified atom stereocenters. The van der Waals surface area contributed by atoms with Crippen molar-refractivity contribution in [1.29, 1.82) is 0 Å². The molecular weight excluding hydrogens is 174 g/mol. The summed E-state index contributed by atoms with van der Waals surface area (Å²) in [5.41, 5.74) is 7.25. The van der Waals surface area contributed by atoms with Gasteiger partial charge in [0.25, 0.3) is 0 Å². The maximum atomic E-state index is 5.70. The van der Waals surface area contributed by atoms with Crippen molar-refractivity contribution in [2.24, 2.45) is 11.1 Å². The highest BCUT2D eigenvalue weighted by Crippen LogP contribution is 2.44. The Morgan fingerprint density at radius 1 is 1.50 bits per heavy atom. The SMILES string of the molecule is Cc1ccc(NCC2(CN)CC2)nc1. The number of aromatic nitrogens is 1. The van der Waals surface area contributed by atoms with Gasteiger partial charge < -0.3 is 11.1 Å². The Labute approximate surface area is 84.7 Å². The first kappa shape index (κ1) is 9.46. The molecule has 3 nitrogen and oxygen atoms in total. The van der Waals surface area contributed by atoms with Gasteiger partial charge in [0.05, 0.1) is 0 Å². The minimum Gasteiger partial charge on any atom is -0.369 e. The van der Waals surface area contributed by atoms with Crippen LogP contribution in [0.25, 0.3) is 0 Å². The molecule has 76 valence electrons. The van der Waals surface area contributed by atoms with Gasteiger partial charge >= 0.3 is 0 Å². The number of nitrogens with zero attached hydrogens (tertiary/aromatic N) is 1. The molecular formula is C11H17N3. The van der Waals surface area contributed by atoms with Crippen LogP contribution in [0, 0.1) is 12.3 Å². The molecule has 0 radical (unpaired) electrons. The smallest absolute Gasteiger partial charge is 0.125 e. The van der Waals surface area contributed by atoms with Crippen LogP contribution < -0.4 is 11.1 Å². The van der Waals surface area contributed by atoms with Crippen LogP contribution in [0.5, 0.6) is 0 Å². The first-order valence-electron chi connectivity index (χ1n) is 5.11. The van der Waals surface area contributed by atoms with Crippen molar-refractivity contribution >= 4 is 5.82 Å². The summed E-state index contributed by atoms with van der Waals surface area (Å²) in [5, 5.41) is 3.33. The van der Waals surface area contributed by atoms with Crippen molar-refractivity contribution in [3.05, 3.63) is 23.9 Å². The summed E-state index contributed by atoms with van der Waals surface area (Å²) in [4.78, 5) is 4.29. The van der Waals surface area contributed by atoms with E-state index in [4.69, 9.17) is 5.73 Å². The van der Waals surface area contributed by atoms with Crippen LogP contribution >= 0.6 is 0 Å². The fourth-order valence-corrected chi connectivity index (χ4v) is 1.48. The minimum absolute atomic E-state index is 0.368. The maximum Gasteiger partial charge on any atom is 0.125 e. The lowest BCUT2D eigenvalue weighted by atomic mass is 10.1. The fourth-order valence-electron chi connectivity index (χ4n) is 1.48. The molecule has 0 aliphatic heterocycles. The molecule has 2 rings (SSSR count). The lowest BCUT2D eigenvalue weighted by Crippen LogP contribution is -2.24. The van der Waals surface area contributed by atoms with E-state index in [2.05, 4.69) is 16.4 Å². The molecule has 1 aromatic rings. The van der Waals surface area contributed by atoms with Gasteiger partial charge in [-0.15, -0.1) is 0 Å². The summed E-state index contributed by atoms with van der Waals surface area (Å²) in [6.07, 6.45) is 4.38.